The molecule has 0 aliphatic rings. The first-order chi connectivity index (χ1) is 9.86. The fourth-order valence-electron chi connectivity index (χ4n) is 1.67. The van der Waals surface area contributed by atoms with Crippen LogP contribution in [-0.4, -0.2) is 5.97 Å². The van der Waals surface area contributed by atoms with Gasteiger partial charge in [0.05, 0.1) is 7.82 Å². The summed E-state index contributed by atoms with van der Waals surface area (Å²) in [5, 5.41) is 0. The molecular formula is C14H13K2O6P. The van der Waals surface area contributed by atoms with E-state index in [0.29, 0.717) is 11.5 Å². The zero-order valence-corrected chi connectivity index (χ0v) is 20.3. The molecule has 0 N–H and O–H groups in total. The second-order valence-corrected chi connectivity index (χ2v) is 5.31. The van der Waals surface area contributed by atoms with Gasteiger partial charge < -0.3 is 23.8 Å². The van der Waals surface area contributed by atoms with E-state index in [-0.39, 0.29) is 103 Å². The summed E-state index contributed by atoms with van der Waals surface area (Å²) in [5.41, 5.74) is 0. The van der Waals surface area contributed by atoms with E-state index in [1.54, 1.807) is 60.7 Å². The Labute approximate surface area is 220 Å². The van der Waals surface area contributed by atoms with Crippen molar-refractivity contribution in [1.82, 2.24) is 0 Å². The molecule has 0 bridgehead atoms. The van der Waals surface area contributed by atoms with Gasteiger partial charge >= 0.3 is 109 Å². The molecule has 0 atom stereocenters. The molecule has 0 fully saturated rings. The predicted molar refractivity (Wildman–Crippen MR) is 71.2 cm³/mol. The third-order valence-electron chi connectivity index (χ3n) is 2.37. The van der Waals surface area contributed by atoms with Crippen molar-refractivity contribution in [2.75, 3.05) is 0 Å². The van der Waals surface area contributed by atoms with Crippen LogP contribution in [0.15, 0.2) is 60.7 Å². The van der Waals surface area contributed by atoms with Crippen molar-refractivity contribution in [2.24, 2.45) is 0 Å². The van der Waals surface area contributed by atoms with Crippen molar-refractivity contribution in [3.05, 3.63) is 60.7 Å². The van der Waals surface area contributed by atoms with Crippen LogP contribution in [0.1, 0.15) is 6.92 Å². The first-order valence-electron chi connectivity index (χ1n) is 6.07. The van der Waals surface area contributed by atoms with Gasteiger partial charge in [0.2, 0.25) is 0 Å². The van der Waals surface area contributed by atoms with Crippen molar-refractivity contribution in [2.45, 2.75) is 12.9 Å². The molecule has 2 rings (SSSR count). The van der Waals surface area contributed by atoms with Crippen molar-refractivity contribution < 1.29 is 131 Å². The monoisotopic (exact) mass is 386 g/mol. The molecule has 0 aromatic heterocycles. The minimum absolute atomic E-state index is 0. The van der Waals surface area contributed by atoms with E-state index < -0.39 is 13.8 Å². The summed E-state index contributed by atoms with van der Waals surface area (Å²) < 4.78 is 26.1. The van der Waals surface area contributed by atoms with Crippen LogP contribution in [0.5, 0.6) is 11.5 Å². The number of benzene rings is 2. The fraction of sp³-hybridized carbons (Fsp3) is 0.143. The second kappa shape index (κ2) is 11.2. The van der Waals surface area contributed by atoms with Gasteiger partial charge in [-0.1, -0.05) is 36.4 Å². The average molecular weight is 386 g/mol. The molecule has 9 heteroatoms. The Morgan fingerprint density at radius 2 is 1.17 bits per heavy atom. The SMILES string of the molecule is CC(Oc1ccccc1)(Oc1ccccc1)OP(=O)([O-])[O-].[K+].[K+]. The Bertz CT molecular complexity index is 578. The van der Waals surface area contributed by atoms with Gasteiger partial charge in [0, 0.05) is 6.92 Å². The van der Waals surface area contributed by atoms with Gasteiger partial charge in [-0.25, -0.2) is 0 Å². The summed E-state index contributed by atoms with van der Waals surface area (Å²) >= 11 is 0. The Balaban J connectivity index is 0.00000242. The molecular weight excluding hydrogens is 373 g/mol. The van der Waals surface area contributed by atoms with Crippen LogP contribution in [0.2, 0.25) is 0 Å². The predicted octanol–water partition coefficient (Wildman–Crippen LogP) is -4.33. The summed E-state index contributed by atoms with van der Waals surface area (Å²) in [6.45, 7) is 1.20. The summed E-state index contributed by atoms with van der Waals surface area (Å²) in [7, 11) is -5.31. The molecule has 0 unspecified atom stereocenters. The maximum Gasteiger partial charge on any atom is 1.00 e. The summed E-state index contributed by atoms with van der Waals surface area (Å²) in [6.07, 6.45) is 0. The van der Waals surface area contributed by atoms with Gasteiger partial charge in [-0.2, -0.15) is 0 Å². The standard InChI is InChI=1S/C14H15O6P.2K/c1-14(20-21(15,16)17,18-12-8-4-2-5-9-12)19-13-10-6-3-7-11-13;;/h2-11H,1H3,(H2,15,16,17);;/q;2*+1/p-2. The number of hydrogen-bond donors (Lipinski definition) is 0. The molecule has 0 spiro atoms. The number of ether oxygens (including phenoxy) is 2. The first kappa shape index (κ1) is 24.4. The van der Waals surface area contributed by atoms with Crippen LogP contribution >= 0.6 is 7.82 Å². The van der Waals surface area contributed by atoms with Gasteiger partial charge in [0.25, 0.3) is 0 Å². The van der Waals surface area contributed by atoms with Crippen LogP contribution in [0.25, 0.3) is 0 Å². The van der Waals surface area contributed by atoms with Gasteiger partial charge in [-0.15, -0.1) is 0 Å². The Morgan fingerprint density at radius 1 is 0.826 bits per heavy atom. The van der Waals surface area contributed by atoms with Crippen molar-refractivity contribution in [1.29, 1.82) is 0 Å². The summed E-state index contributed by atoms with van der Waals surface area (Å²) in [6, 6.07) is 16.6. The van der Waals surface area contributed by atoms with Crippen LogP contribution < -0.4 is 122 Å². The fourth-order valence-corrected chi connectivity index (χ4v) is 2.15. The zero-order chi connectivity index (χ0) is 15.3. The molecule has 0 saturated carbocycles. The summed E-state index contributed by atoms with van der Waals surface area (Å²) in [4.78, 5) is 21.8. The molecule has 0 amide bonds. The largest absolute Gasteiger partial charge is 1.00 e. The van der Waals surface area contributed by atoms with Gasteiger partial charge in [-0.3, -0.25) is 4.52 Å². The molecule has 6 nitrogen and oxygen atoms in total. The van der Waals surface area contributed by atoms with Crippen molar-refractivity contribution in [3.63, 3.8) is 0 Å². The van der Waals surface area contributed by atoms with Crippen LogP contribution in [0, 0.1) is 0 Å². The molecule has 112 valence electrons. The molecule has 2 aromatic carbocycles. The molecule has 2 aromatic rings. The van der Waals surface area contributed by atoms with Crippen LogP contribution in [0.4, 0.5) is 0 Å². The minimum Gasteiger partial charge on any atom is -0.790 e. The molecule has 0 radical (unpaired) electrons. The van der Waals surface area contributed by atoms with E-state index in [9.17, 15) is 14.4 Å². The maximum atomic E-state index is 10.9. The molecule has 0 heterocycles. The quantitative estimate of drug-likeness (QED) is 0.283. The van der Waals surface area contributed by atoms with Gasteiger partial charge in [0.1, 0.15) is 11.5 Å². The van der Waals surface area contributed by atoms with E-state index in [1.807, 2.05) is 0 Å². The van der Waals surface area contributed by atoms with E-state index in [1.165, 1.54) is 6.92 Å². The molecule has 0 aliphatic heterocycles. The maximum absolute atomic E-state index is 10.9. The van der Waals surface area contributed by atoms with Crippen molar-refractivity contribution >= 4 is 7.82 Å². The van der Waals surface area contributed by atoms with E-state index in [2.05, 4.69) is 4.52 Å². The first-order valence-corrected chi connectivity index (χ1v) is 7.53. The van der Waals surface area contributed by atoms with Crippen LogP contribution in [-0.2, 0) is 9.09 Å². The Morgan fingerprint density at radius 3 is 1.48 bits per heavy atom. The molecule has 23 heavy (non-hydrogen) atoms. The van der Waals surface area contributed by atoms with Crippen LogP contribution in [0.3, 0.4) is 0 Å². The average Bonchev–Trinajstić information content (AvgIpc) is 2.38. The van der Waals surface area contributed by atoms with E-state index in [0.717, 1.165) is 0 Å². The Kier molecular flexibility index (Phi) is 11.9. The Hall–Kier alpha value is 1.42. The molecule has 0 saturated heterocycles. The van der Waals surface area contributed by atoms with Crippen molar-refractivity contribution in [3.8, 4) is 11.5 Å². The number of para-hydroxylation sites is 2. The number of rotatable bonds is 6. The van der Waals surface area contributed by atoms with Gasteiger partial charge in [0.15, 0.2) is 0 Å². The normalized spacial score (nSPS) is 10.9. The topological polar surface area (TPSA) is 90.9 Å². The minimum atomic E-state index is -5.31. The van der Waals surface area contributed by atoms with Gasteiger partial charge in [-0.05, 0) is 24.3 Å². The van der Waals surface area contributed by atoms with E-state index >= 15 is 0 Å². The smallest absolute Gasteiger partial charge is 0.790 e. The third-order valence-corrected chi connectivity index (χ3v) is 2.93. The number of phosphoric acid groups is 1. The van der Waals surface area contributed by atoms with E-state index in [4.69, 9.17) is 9.47 Å². The second-order valence-electron chi connectivity index (χ2n) is 4.23. The number of hydrogen-bond acceptors (Lipinski definition) is 6. The summed E-state index contributed by atoms with van der Waals surface area (Å²) in [5.74, 6) is -1.50. The third kappa shape index (κ3) is 9.62. The zero-order valence-electron chi connectivity index (χ0n) is 13.2. The number of phosphoric ester groups is 1. The molecule has 0 aliphatic carbocycles.